The summed E-state index contributed by atoms with van der Waals surface area (Å²) < 4.78 is 3.81. The Hall–Kier alpha value is -3.99. The van der Waals surface area contributed by atoms with E-state index in [-0.39, 0.29) is 23.6 Å². The summed E-state index contributed by atoms with van der Waals surface area (Å²) in [5, 5.41) is 3.82. The van der Waals surface area contributed by atoms with Crippen LogP contribution in [0.15, 0.2) is 40.2 Å². The number of aromatic nitrogens is 6. The third-order valence-corrected chi connectivity index (χ3v) is 7.79. The molecule has 11 heteroatoms. The van der Waals surface area contributed by atoms with Gasteiger partial charge >= 0.3 is 5.69 Å². The molecular formula is C24H23N7O3S. The summed E-state index contributed by atoms with van der Waals surface area (Å²) in [6, 6.07) is 7.87. The van der Waals surface area contributed by atoms with Crippen LogP contribution in [0.3, 0.4) is 0 Å². The lowest BCUT2D eigenvalue weighted by atomic mass is 9.95. The van der Waals surface area contributed by atoms with E-state index >= 15 is 0 Å². The third kappa shape index (κ3) is 3.42. The van der Waals surface area contributed by atoms with Gasteiger partial charge in [0, 0.05) is 19.0 Å². The van der Waals surface area contributed by atoms with E-state index in [0.29, 0.717) is 0 Å². The monoisotopic (exact) mass is 489 g/mol. The van der Waals surface area contributed by atoms with E-state index in [1.165, 1.54) is 32.9 Å². The first-order chi connectivity index (χ1) is 16.9. The van der Waals surface area contributed by atoms with Crippen LogP contribution in [0.25, 0.3) is 33.6 Å². The molecule has 0 unspecified atom stereocenters. The Kier molecular flexibility index (Phi) is 4.95. The van der Waals surface area contributed by atoms with Crippen LogP contribution in [0.1, 0.15) is 23.3 Å². The van der Waals surface area contributed by atoms with Gasteiger partial charge in [-0.2, -0.15) is 0 Å². The second-order valence-electron chi connectivity index (χ2n) is 8.82. The molecule has 1 aliphatic rings. The summed E-state index contributed by atoms with van der Waals surface area (Å²) in [6.07, 6.45) is 5.59. The molecule has 0 aliphatic heterocycles. The number of nitrogens with one attached hydrogen (secondary N) is 2. The highest BCUT2D eigenvalue weighted by atomic mass is 32.1. The summed E-state index contributed by atoms with van der Waals surface area (Å²) in [5.74, 6) is 0.467. The molecule has 178 valence electrons. The van der Waals surface area contributed by atoms with Gasteiger partial charge in [0.05, 0.1) is 22.9 Å². The average Bonchev–Trinajstić information content (AvgIpc) is 3.55. The minimum absolute atomic E-state index is 0.105. The van der Waals surface area contributed by atoms with Crippen molar-refractivity contribution in [2.24, 2.45) is 14.1 Å². The quantitative estimate of drug-likeness (QED) is 0.402. The number of fused-ring (bicyclic) bond motifs is 3. The van der Waals surface area contributed by atoms with Gasteiger partial charge in [0.1, 0.15) is 17.4 Å². The van der Waals surface area contributed by atoms with Crippen LogP contribution in [0, 0.1) is 0 Å². The van der Waals surface area contributed by atoms with Crippen LogP contribution in [-0.2, 0) is 38.3 Å². The van der Waals surface area contributed by atoms with Crippen LogP contribution in [0.4, 0.5) is 5.00 Å². The number of imidazole rings is 2. The summed E-state index contributed by atoms with van der Waals surface area (Å²) in [4.78, 5) is 51.8. The molecule has 0 fully saturated rings. The number of hydrogen-bond donors (Lipinski definition) is 2. The predicted octanol–water partition coefficient (Wildman–Crippen LogP) is 2.56. The largest absolute Gasteiger partial charge is 0.338 e. The van der Waals surface area contributed by atoms with Crippen molar-refractivity contribution in [3.8, 4) is 11.4 Å². The number of carbonyl (C=O) groups is 1. The maximum absolute atomic E-state index is 13.2. The van der Waals surface area contributed by atoms with E-state index in [0.717, 1.165) is 57.7 Å². The zero-order chi connectivity index (χ0) is 24.3. The molecule has 1 aliphatic carbocycles. The minimum atomic E-state index is -0.483. The molecule has 1 amide bonds. The van der Waals surface area contributed by atoms with E-state index in [4.69, 9.17) is 4.98 Å². The molecular weight excluding hydrogens is 466 g/mol. The molecule has 0 bridgehead atoms. The Morgan fingerprint density at radius 2 is 1.94 bits per heavy atom. The van der Waals surface area contributed by atoms with Crippen molar-refractivity contribution in [1.82, 2.24) is 28.7 Å². The van der Waals surface area contributed by atoms with Gasteiger partial charge in [-0.15, -0.1) is 11.3 Å². The molecule has 35 heavy (non-hydrogen) atoms. The number of thiophene rings is 1. The Morgan fingerprint density at radius 1 is 1.14 bits per heavy atom. The highest BCUT2D eigenvalue weighted by molar-refractivity contribution is 7.17. The van der Waals surface area contributed by atoms with Gasteiger partial charge in [-0.25, -0.2) is 14.8 Å². The zero-order valence-corrected chi connectivity index (χ0v) is 20.1. The van der Waals surface area contributed by atoms with E-state index in [2.05, 4.69) is 15.3 Å². The van der Waals surface area contributed by atoms with Crippen molar-refractivity contribution in [1.29, 1.82) is 0 Å². The molecule has 0 atom stereocenters. The lowest BCUT2D eigenvalue weighted by molar-refractivity contribution is -0.116. The van der Waals surface area contributed by atoms with Crippen molar-refractivity contribution in [3.63, 3.8) is 0 Å². The normalized spacial score (nSPS) is 13.4. The van der Waals surface area contributed by atoms with Gasteiger partial charge in [0.25, 0.3) is 5.56 Å². The second kappa shape index (κ2) is 8.05. The molecule has 0 saturated carbocycles. The number of amides is 1. The SMILES string of the molecule is Cn1c(=O)c2c(ncn2CC(=O)Nc2sc3c(c2-c2nc4ccccc4[nH]2)CCCC3)n(C)c1=O. The van der Waals surface area contributed by atoms with Gasteiger partial charge in [-0.1, -0.05) is 12.1 Å². The lowest BCUT2D eigenvalue weighted by Gasteiger charge is -2.12. The molecule has 0 radical (unpaired) electrons. The first-order valence-electron chi connectivity index (χ1n) is 11.4. The van der Waals surface area contributed by atoms with Gasteiger partial charge < -0.3 is 14.9 Å². The minimum Gasteiger partial charge on any atom is -0.338 e. The number of aromatic amines is 1. The first-order valence-corrected chi connectivity index (χ1v) is 12.2. The Morgan fingerprint density at radius 3 is 2.77 bits per heavy atom. The molecule has 5 aromatic rings. The fourth-order valence-electron chi connectivity index (χ4n) is 4.81. The number of anilines is 1. The second-order valence-corrected chi connectivity index (χ2v) is 9.92. The molecule has 1 aromatic carbocycles. The number of aryl methyl sites for hydroxylation is 2. The van der Waals surface area contributed by atoms with Crippen LogP contribution in [0.2, 0.25) is 0 Å². The van der Waals surface area contributed by atoms with Crippen molar-refractivity contribution >= 4 is 44.4 Å². The number of carbonyl (C=O) groups excluding carboxylic acids is 1. The first kappa shape index (κ1) is 21.5. The maximum Gasteiger partial charge on any atom is 0.332 e. The van der Waals surface area contributed by atoms with Crippen LogP contribution >= 0.6 is 11.3 Å². The van der Waals surface area contributed by atoms with Crippen molar-refractivity contribution in [2.75, 3.05) is 5.32 Å². The third-order valence-electron chi connectivity index (χ3n) is 6.58. The summed E-state index contributed by atoms with van der Waals surface area (Å²) >= 11 is 1.59. The highest BCUT2D eigenvalue weighted by Crippen LogP contribution is 2.43. The molecule has 4 aromatic heterocycles. The average molecular weight is 490 g/mol. The van der Waals surface area contributed by atoms with Crippen LogP contribution < -0.4 is 16.6 Å². The van der Waals surface area contributed by atoms with Gasteiger partial charge in [0.15, 0.2) is 11.2 Å². The molecule has 6 rings (SSSR count). The van der Waals surface area contributed by atoms with E-state index < -0.39 is 11.2 Å². The molecule has 4 heterocycles. The number of nitrogens with zero attached hydrogens (tertiary/aromatic N) is 5. The van der Waals surface area contributed by atoms with Gasteiger partial charge in [-0.05, 0) is 43.4 Å². The number of H-pyrrole nitrogens is 1. The summed E-state index contributed by atoms with van der Waals surface area (Å²) in [5.41, 5.74) is 3.53. The fraction of sp³-hybridized carbons (Fsp3) is 0.292. The number of para-hydroxylation sites is 2. The Bertz CT molecular complexity index is 1720. The molecule has 0 spiro atoms. The van der Waals surface area contributed by atoms with E-state index in [1.54, 1.807) is 18.4 Å². The number of hydrogen-bond acceptors (Lipinski definition) is 6. The molecule has 2 N–H and O–H groups in total. The predicted molar refractivity (Wildman–Crippen MR) is 135 cm³/mol. The van der Waals surface area contributed by atoms with E-state index in [1.807, 2.05) is 24.3 Å². The Balaban J connectivity index is 1.38. The maximum atomic E-state index is 13.2. The zero-order valence-electron chi connectivity index (χ0n) is 19.3. The van der Waals surface area contributed by atoms with Crippen molar-refractivity contribution in [3.05, 3.63) is 61.9 Å². The van der Waals surface area contributed by atoms with Crippen molar-refractivity contribution < 1.29 is 4.79 Å². The molecule has 0 saturated heterocycles. The standard InChI is InChI=1S/C24H23N7O3S/c1-29-21-19(23(33)30(2)24(29)34)31(12-25-21)11-17(32)28-22-18(13-7-3-6-10-16(13)35-22)20-26-14-8-4-5-9-15(14)27-20/h4-5,8-9,12H,3,6-7,10-11H2,1-2H3,(H,26,27)(H,28,32). The van der Waals surface area contributed by atoms with Gasteiger partial charge in [0.2, 0.25) is 5.91 Å². The Labute approximate surface area is 202 Å². The highest BCUT2D eigenvalue weighted by Gasteiger charge is 2.25. The van der Waals surface area contributed by atoms with Crippen LogP contribution in [0.5, 0.6) is 0 Å². The topological polar surface area (TPSA) is 120 Å². The van der Waals surface area contributed by atoms with Crippen molar-refractivity contribution in [2.45, 2.75) is 32.2 Å². The fourth-order valence-corrected chi connectivity index (χ4v) is 6.12. The van der Waals surface area contributed by atoms with Crippen LogP contribution in [-0.4, -0.2) is 34.6 Å². The summed E-state index contributed by atoms with van der Waals surface area (Å²) in [6.45, 7) is -0.105. The smallest absolute Gasteiger partial charge is 0.332 e. The van der Waals surface area contributed by atoms with Gasteiger partial charge in [-0.3, -0.25) is 18.7 Å². The molecule has 10 nitrogen and oxygen atoms in total. The number of benzene rings is 1. The lowest BCUT2D eigenvalue weighted by Crippen LogP contribution is -2.37. The van der Waals surface area contributed by atoms with E-state index in [9.17, 15) is 14.4 Å². The number of rotatable bonds is 4. The summed E-state index contributed by atoms with van der Waals surface area (Å²) in [7, 11) is 2.97.